The van der Waals surface area contributed by atoms with E-state index in [1.165, 1.54) is 77.4 Å². The molecule has 1 aromatic heterocycles. The number of rotatable bonds is 3. The van der Waals surface area contributed by atoms with Crippen LogP contribution in [0.3, 0.4) is 0 Å². The van der Waals surface area contributed by atoms with Crippen LogP contribution < -0.4 is 4.90 Å². The highest BCUT2D eigenvalue weighted by atomic mass is 16.3. The van der Waals surface area contributed by atoms with E-state index in [2.05, 4.69) is 172 Å². The molecule has 2 aliphatic rings. The number of fused-ring (bicyclic) bond motifs is 13. The van der Waals surface area contributed by atoms with Crippen molar-refractivity contribution in [3.05, 3.63) is 162 Å². The minimum Gasteiger partial charge on any atom is -0.455 e. The summed E-state index contributed by atoms with van der Waals surface area (Å²) in [5, 5.41) is 4.91. The largest absolute Gasteiger partial charge is 0.455 e. The first-order chi connectivity index (χ1) is 23.4. The summed E-state index contributed by atoms with van der Waals surface area (Å²) in [6.45, 7) is 9.51. The van der Waals surface area contributed by atoms with Gasteiger partial charge in [-0.3, -0.25) is 0 Å². The van der Waals surface area contributed by atoms with E-state index in [4.69, 9.17) is 4.42 Å². The van der Waals surface area contributed by atoms with Gasteiger partial charge in [-0.05, 0) is 86.1 Å². The average molecular weight is 618 g/mol. The summed E-state index contributed by atoms with van der Waals surface area (Å²) in [5.41, 5.74) is 15.6. The van der Waals surface area contributed by atoms with E-state index in [-0.39, 0.29) is 10.8 Å². The molecule has 0 spiro atoms. The van der Waals surface area contributed by atoms with Crippen LogP contribution in [0, 0.1) is 0 Å². The molecule has 0 fully saturated rings. The molecule has 8 aromatic rings. The predicted octanol–water partition coefficient (Wildman–Crippen LogP) is 12.8. The first-order valence-electron chi connectivity index (χ1n) is 17.0. The van der Waals surface area contributed by atoms with Crippen molar-refractivity contribution < 1.29 is 4.42 Å². The normalized spacial score (nSPS) is 15.0. The molecule has 2 heteroatoms. The van der Waals surface area contributed by atoms with Gasteiger partial charge in [0.05, 0.1) is 5.69 Å². The van der Waals surface area contributed by atoms with Crippen molar-refractivity contribution in [3.8, 4) is 22.3 Å². The van der Waals surface area contributed by atoms with E-state index >= 15 is 0 Å². The minimum absolute atomic E-state index is 0.0930. The molecule has 0 atom stereocenters. The second kappa shape index (κ2) is 9.49. The standard InChI is InChI=1S/C46H35NO/c1-45(2)36-22-12-10-17-30(36)31-26-25-29(27-37(31)45)47(28-15-6-5-7-16-28)38-23-14-21-35-41-43(46(3,4)42(35)38)33-19-9-8-18-32(33)40-34-20-11-13-24-39(34)48-44(40)41/h5-27H,1-4H3. The summed E-state index contributed by atoms with van der Waals surface area (Å²) in [6.07, 6.45) is 0. The molecule has 2 nitrogen and oxygen atoms in total. The van der Waals surface area contributed by atoms with E-state index in [0.29, 0.717) is 0 Å². The third kappa shape index (κ3) is 3.47. The SMILES string of the molecule is CC1(C)c2ccccc2-c2ccc(N(c3ccccc3)c3cccc4c3C(C)(C)c3c-4c4oc5ccccc5c4c4ccccc34)cc21. The van der Waals surface area contributed by atoms with Gasteiger partial charge in [0.2, 0.25) is 0 Å². The van der Waals surface area contributed by atoms with Gasteiger partial charge in [0.15, 0.2) is 0 Å². The first-order valence-corrected chi connectivity index (χ1v) is 17.0. The summed E-state index contributed by atoms with van der Waals surface area (Å²) in [4.78, 5) is 2.48. The second-order valence-corrected chi connectivity index (χ2v) is 14.5. The molecule has 10 rings (SSSR count). The Hall–Kier alpha value is -5.60. The van der Waals surface area contributed by atoms with Crippen LogP contribution in [0.1, 0.15) is 49.9 Å². The van der Waals surface area contributed by atoms with Crippen LogP contribution in [0.15, 0.2) is 144 Å². The molecular formula is C46H35NO. The lowest BCUT2D eigenvalue weighted by molar-refractivity contribution is 0.657. The van der Waals surface area contributed by atoms with E-state index in [1.807, 2.05) is 0 Å². The molecule has 2 aliphatic carbocycles. The molecule has 0 N–H and O–H groups in total. The van der Waals surface area contributed by atoms with Crippen LogP contribution in [-0.2, 0) is 10.8 Å². The highest BCUT2D eigenvalue weighted by Gasteiger charge is 2.43. The average Bonchev–Trinajstić information content (AvgIpc) is 3.70. The van der Waals surface area contributed by atoms with Crippen LogP contribution in [-0.4, -0.2) is 0 Å². The first kappa shape index (κ1) is 27.5. The molecule has 48 heavy (non-hydrogen) atoms. The molecule has 0 amide bonds. The molecule has 230 valence electrons. The van der Waals surface area contributed by atoms with E-state index < -0.39 is 0 Å². The third-order valence-electron chi connectivity index (χ3n) is 11.2. The number of para-hydroxylation sites is 2. The molecule has 0 bridgehead atoms. The van der Waals surface area contributed by atoms with Gasteiger partial charge < -0.3 is 9.32 Å². The second-order valence-electron chi connectivity index (χ2n) is 14.5. The van der Waals surface area contributed by atoms with Crippen molar-refractivity contribution in [2.75, 3.05) is 4.90 Å². The summed E-state index contributed by atoms with van der Waals surface area (Å²) in [7, 11) is 0. The number of hydrogen-bond acceptors (Lipinski definition) is 2. The molecular weight excluding hydrogens is 583 g/mol. The van der Waals surface area contributed by atoms with Crippen molar-refractivity contribution in [3.63, 3.8) is 0 Å². The topological polar surface area (TPSA) is 16.4 Å². The van der Waals surface area contributed by atoms with Gasteiger partial charge in [0.25, 0.3) is 0 Å². The van der Waals surface area contributed by atoms with Crippen molar-refractivity contribution in [2.45, 2.75) is 38.5 Å². The summed E-state index contributed by atoms with van der Waals surface area (Å²) in [5.74, 6) is 0. The quantitative estimate of drug-likeness (QED) is 0.196. The Morgan fingerprint density at radius 2 is 1.15 bits per heavy atom. The summed E-state index contributed by atoms with van der Waals surface area (Å²) < 4.78 is 6.81. The highest BCUT2D eigenvalue weighted by Crippen LogP contribution is 2.59. The zero-order valence-electron chi connectivity index (χ0n) is 27.6. The van der Waals surface area contributed by atoms with Crippen LogP contribution in [0.4, 0.5) is 17.1 Å². The Morgan fingerprint density at radius 3 is 1.98 bits per heavy atom. The fraction of sp³-hybridized carbons (Fsp3) is 0.130. The highest BCUT2D eigenvalue weighted by molar-refractivity contribution is 6.25. The molecule has 1 heterocycles. The summed E-state index contributed by atoms with van der Waals surface area (Å²) >= 11 is 0. The van der Waals surface area contributed by atoms with Gasteiger partial charge in [-0.1, -0.05) is 131 Å². The molecule has 7 aromatic carbocycles. The third-order valence-corrected chi connectivity index (χ3v) is 11.2. The van der Waals surface area contributed by atoms with Gasteiger partial charge >= 0.3 is 0 Å². The van der Waals surface area contributed by atoms with E-state index in [9.17, 15) is 0 Å². The fourth-order valence-corrected chi connectivity index (χ4v) is 9.11. The zero-order valence-corrected chi connectivity index (χ0v) is 27.6. The van der Waals surface area contributed by atoms with Crippen molar-refractivity contribution >= 4 is 49.8 Å². The molecule has 0 saturated carbocycles. The number of furan rings is 1. The number of anilines is 3. The van der Waals surface area contributed by atoms with Gasteiger partial charge in [-0.2, -0.15) is 0 Å². The summed E-state index contributed by atoms with van der Waals surface area (Å²) in [6, 6.07) is 51.0. The Morgan fingerprint density at radius 1 is 0.479 bits per heavy atom. The number of nitrogens with zero attached hydrogens (tertiary/aromatic N) is 1. The Labute approximate surface area is 280 Å². The fourth-order valence-electron chi connectivity index (χ4n) is 9.11. The van der Waals surface area contributed by atoms with E-state index in [1.54, 1.807) is 0 Å². The molecule has 0 unspecified atom stereocenters. The van der Waals surface area contributed by atoms with Gasteiger partial charge in [0.1, 0.15) is 11.2 Å². The minimum atomic E-state index is -0.298. The smallest absolute Gasteiger partial charge is 0.144 e. The lowest BCUT2D eigenvalue weighted by atomic mass is 9.78. The number of hydrogen-bond donors (Lipinski definition) is 0. The Balaban J connectivity index is 1.27. The van der Waals surface area contributed by atoms with Crippen LogP contribution in [0.25, 0.3) is 55.0 Å². The van der Waals surface area contributed by atoms with E-state index in [0.717, 1.165) is 16.9 Å². The number of benzene rings is 7. The van der Waals surface area contributed by atoms with Crippen molar-refractivity contribution in [2.24, 2.45) is 0 Å². The predicted molar refractivity (Wildman–Crippen MR) is 201 cm³/mol. The molecule has 0 radical (unpaired) electrons. The monoisotopic (exact) mass is 617 g/mol. The van der Waals surface area contributed by atoms with Crippen LogP contribution >= 0.6 is 0 Å². The maximum atomic E-state index is 6.81. The van der Waals surface area contributed by atoms with Crippen molar-refractivity contribution in [1.82, 2.24) is 0 Å². The maximum Gasteiger partial charge on any atom is 0.144 e. The molecule has 0 aliphatic heterocycles. The van der Waals surface area contributed by atoms with Crippen LogP contribution in [0.5, 0.6) is 0 Å². The lowest BCUT2D eigenvalue weighted by Gasteiger charge is -2.33. The van der Waals surface area contributed by atoms with Crippen LogP contribution in [0.2, 0.25) is 0 Å². The zero-order chi connectivity index (χ0) is 32.4. The van der Waals surface area contributed by atoms with Gasteiger partial charge in [0, 0.05) is 38.5 Å². The van der Waals surface area contributed by atoms with Crippen molar-refractivity contribution in [1.29, 1.82) is 0 Å². The Kier molecular flexibility index (Phi) is 5.44. The van der Waals surface area contributed by atoms with Gasteiger partial charge in [-0.25, -0.2) is 0 Å². The Bertz CT molecular complexity index is 2620. The maximum absolute atomic E-state index is 6.81. The van der Waals surface area contributed by atoms with Gasteiger partial charge in [-0.15, -0.1) is 0 Å². The lowest BCUT2D eigenvalue weighted by Crippen LogP contribution is -2.21. The molecule has 0 saturated heterocycles.